The minimum absolute atomic E-state index is 0.00253. The fourth-order valence-corrected chi connectivity index (χ4v) is 3.06. The van der Waals surface area contributed by atoms with Gasteiger partial charge in [0.15, 0.2) is 0 Å². The average Bonchev–Trinajstić information content (AvgIpc) is 2.61. The van der Waals surface area contributed by atoms with E-state index in [4.69, 9.17) is 4.74 Å². The maximum atomic E-state index is 12.7. The van der Waals surface area contributed by atoms with Crippen LogP contribution < -0.4 is 15.4 Å². The smallest absolute Gasteiger partial charge is 0.225 e. The van der Waals surface area contributed by atoms with E-state index in [0.29, 0.717) is 19.4 Å². The molecular formula is C18H27N3O3. The maximum absolute atomic E-state index is 12.7. The van der Waals surface area contributed by atoms with Gasteiger partial charge in [0.05, 0.1) is 19.1 Å². The molecule has 0 bridgehead atoms. The lowest BCUT2D eigenvalue weighted by Crippen LogP contribution is -2.48. The number of ether oxygens (including phenoxy) is 1. The molecule has 3 unspecified atom stereocenters. The number of hydrogen-bond donors (Lipinski definition) is 2. The number of carbonyl (C=O) groups is 2. The molecule has 2 amide bonds. The van der Waals surface area contributed by atoms with Crippen LogP contribution in [0, 0.1) is 5.92 Å². The highest BCUT2D eigenvalue weighted by Gasteiger charge is 2.38. The van der Waals surface area contributed by atoms with Gasteiger partial charge in [-0.15, -0.1) is 0 Å². The molecule has 132 valence electrons. The van der Waals surface area contributed by atoms with Crippen LogP contribution in [0.15, 0.2) is 24.3 Å². The zero-order valence-corrected chi connectivity index (χ0v) is 14.8. The van der Waals surface area contributed by atoms with Crippen molar-refractivity contribution < 1.29 is 14.3 Å². The Hall–Kier alpha value is -2.08. The molecule has 0 aliphatic carbocycles. The fourth-order valence-electron chi connectivity index (χ4n) is 3.06. The molecule has 2 rings (SSSR count). The van der Waals surface area contributed by atoms with Crippen LogP contribution in [0.1, 0.15) is 31.4 Å². The lowest BCUT2D eigenvalue weighted by molar-refractivity contribution is -0.141. The molecule has 0 aromatic heterocycles. The molecule has 1 fully saturated rings. The first-order valence-corrected chi connectivity index (χ1v) is 8.32. The summed E-state index contributed by atoms with van der Waals surface area (Å²) in [5, 5.41) is 6.10. The van der Waals surface area contributed by atoms with Crippen molar-refractivity contribution >= 4 is 11.8 Å². The Labute approximate surface area is 143 Å². The zero-order valence-electron chi connectivity index (χ0n) is 14.8. The maximum Gasteiger partial charge on any atom is 0.225 e. The van der Waals surface area contributed by atoms with E-state index in [2.05, 4.69) is 10.6 Å². The number of likely N-dealkylation sites (tertiary alicyclic amines) is 1. The summed E-state index contributed by atoms with van der Waals surface area (Å²) in [7, 11) is 5.25. The summed E-state index contributed by atoms with van der Waals surface area (Å²) in [5.74, 6) is 0.582. The van der Waals surface area contributed by atoms with E-state index in [0.717, 1.165) is 11.3 Å². The third-order valence-corrected chi connectivity index (χ3v) is 4.73. The molecule has 1 saturated heterocycles. The molecule has 0 saturated carbocycles. The molecule has 0 spiro atoms. The largest absolute Gasteiger partial charge is 0.497 e. The van der Waals surface area contributed by atoms with Gasteiger partial charge < -0.3 is 20.3 Å². The normalized spacial score (nSPS) is 22.2. The highest BCUT2D eigenvalue weighted by Crippen LogP contribution is 2.36. The average molecular weight is 333 g/mol. The van der Waals surface area contributed by atoms with E-state index in [9.17, 15) is 9.59 Å². The number of nitrogens with one attached hydrogen (secondary N) is 2. The number of amides is 2. The Morgan fingerprint density at radius 1 is 1.38 bits per heavy atom. The summed E-state index contributed by atoms with van der Waals surface area (Å²) in [5.41, 5.74) is 0.952. The lowest BCUT2D eigenvalue weighted by atomic mass is 9.84. The second kappa shape index (κ2) is 8.15. The predicted octanol–water partition coefficient (Wildman–Crippen LogP) is 1.33. The first-order valence-electron chi connectivity index (χ1n) is 8.32. The van der Waals surface area contributed by atoms with Crippen molar-refractivity contribution in [2.24, 2.45) is 5.92 Å². The van der Waals surface area contributed by atoms with E-state index >= 15 is 0 Å². The Bertz CT molecular complexity index is 573. The van der Waals surface area contributed by atoms with Crippen molar-refractivity contribution in [2.75, 3.05) is 27.7 Å². The Morgan fingerprint density at radius 2 is 2.04 bits per heavy atom. The molecule has 1 aliphatic rings. The molecular weight excluding hydrogens is 306 g/mol. The van der Waals surface area contributed by atoms with Gasteiger partial charge in [0.25, 0.3) is 0 Å². The van der Waals surface area contributed by atoms with E-state index < -0.39 is 0 Å². The highest BCUT2D eigenvalue weighted by molar-refractivity contribution is 5.84. The molecule has 3 atom stereocenters. The molecule has 6 heteroatoms. The van der Waals surface area contributed by atoms with Crippen LogP contribution in [-0.4, -0.2) is 50.5 Å². The standard InChI is InChI=1S/C18H27N3O3/c1-12(19-2)11-20-18(23)15-9-10-16(22)21(3)17(15)13-5-7-14(24-4)8-6-13/h5-8,12,15,17,19H,9-11H2,1-4H3,(H,20,23). The van der Waals surface area contributed by atoms with Crippen molar-refractivity contribution in [3.05, 3.63) is 29.8 Å². The van der Waals surface area contributed by atoms with Crippen LogP contribution in [0.3, 0.4) is 0 Å². The van der Waals surface area contributed by atoms with E-state index in [1.165, 1.54) is 0 Å². The Balaban J connectivity index is 2.20. The number of likely N-dealkylation sites (N-methyl/N-ethyl adjacent to an activating group) is 1. The quantitative estimate of drug-likeness (QED) is 0.824. The zero-order chi connectivity index (χ0) is 17.7. The van der Waals surface area contributed by atoms with Gasteiger partial charge in [0.2, 0.25) is 11.8 Å². The van der Waals surface area contributed by atoms with Crippen molar-refractivity contribution in [3.63, 3.8) is 0 Å². The van der Waals surface area contributed by atoms with Gasteiger partial charge in [0.1, 0.15) is 5.75 Å². The van der Waals surface area contributed by atoms with Crippen LogP contribution in [0.4, 0.5) is 0 Å². The first-order chi connectivity index (χ1) is 11.5. The fraction of sp³-hybridized carbons (Fsp3) is 0.556. The second-order valence-electron chi connectivity index (χ2n) is 6.30. The highest BCUT2D eigenvalue weighted by atomic mass is 16.5. The van der Waals surface area contributed by atoms with Gasteiger partial charge in [-0.25, -0.2) is 0 Å². The molecule has 1 aromatic carbocycles. The number of nitrogens with zero attached hydrogens (tertiary/aromatic N) is 1. The number of methoxy groups -OCH3 is 1. The third-order valence-electron chi connectivity index (χ3n) is 4.73. The molecule has 2 N–H and O–H groups in total. The Morgan fingerprint density at radius 3 is 2.62 bits per heavy atom. The van der Waals surface area contributed by atoms with Gasteiger partial charge in [-0.3, -0.25) is 9.59 Å². The molecule has 1 heterocycles. The minimum Gasteiger partial charge on any atom is -0.497 e. The molecule has 6 nitrogen and oxygen atoms in total. The second-order valence-corrected chi connectivity index (χ2v) is 6.30. The molecule has 1 aliphatic heterocycles. The SMILES string of the molecule is CNC(C)CNC(=O)C1CCC(=O)N(C)C1c1ccc(OC)cc1. The van der Waals surface area contributed by atoms with Gasteiger partial charge in [-0.05, 0) is 38.1 Å². The van der Waals surface area contributed by atoms with Gasteiger partial charge in [-0.2, -0.15) is 0 Å². The molecule has 0 radical (unpaired) electrons. The minimum atomic E-state index is -0.248. The number of hydrogen-bond acceptors (Lipinski definition) is 4. The lowest BCUT2D eigenvalue weighted by Gasteiger charge is -2.38. The number of rotatable bonds is 6. The summed E-state index contributed by atoms with van der Waals surface area (Å²) >= 11 is 0. The number of benzene rings is 1. The van der Waals surface area contributed by atoms with Crippen LogP contribution in [-0.2, 0) is 9.59 Å². The predicted molar refractivity (Wildman–Crippen MR) is 92.8 cm³/mol. The topological polar surface area (TPSA) is 70.7 Å². The third kappa shape index (κ3) is 4.06. The van der Waals surface area contributed by atoms with Gasteiger partial charge in [0, 0.05) is 26.1 Å². The van der Waals surface area contributed by atoms with Crippen LogP contribution in [0.2, 0.25) is 0 Å². The summed E-state index contributed by atoms with van der Waals surface area (Å²) in [6.45, 7) is 2.58. The Kier molecular flexibility index (Phi) is 6.20. The van der Waals surface area contributed by atoms with E-state index in [1.807, 2.05) is 38.2 Å². The summed E-state index contributed by atoms with van der Waals surface area (Å²) in [4.78, 5) is 26.5. The van der Waals surface area contributed by atoms with Crippen molar-refractivity contribution in [1.82, 2.24) is 15.5 Å². The van der Waals surface area contributed by atoms with Gasteiger partial charge in [-0.1, -0.05) is 12.1 Å². The monoisotopic (exact) mass is 333 g/mol. The van der Waals surface area contributed by atoms with Crippen LogP contribution in [0.5, 0.6) is 5.75 Å². The molecule has 1 aromatic rings. The number of piperidine rings is 1. The van der Waals surface area contributed by atoms with Crippen molar-refractivity contribution in [1.29, 1.82) is 0 Å². The van der Waals surface area contributed by atoms with Gasteiger partial charge >= 0.3 is 0 Å². The summed E-state index contributed by atoms with van der Waals surface area (Å²) < 4.78 is 5.19. The number of carbonyl (C=O) groups excluding carboxylic acids is 2. The van der Waals surface area contributed by atoms with E-state index in [-0.39, 0.29) is 29.8 Å². The summed E-state index contributed by atoms with van der Waals surface area (Å²) in [6.07, 6.45) is 0.975. The van der Waals surface area contributed by atoms with Crippen LogP contribution in [0.25, 0.3) is 0 Å². The van der Waals surface area contributed by atoms with Crippen molar-refractivity contribution in [2.45, 2.75) is 31.8 Å². The van der Waals surface area contributed by atoms with Crippen molar-refractivity contribution in [3.8, 4) is 5.75 Å². The first kappa shape index (κ1) is 18.3. The van der Waals surface area contributed by atoms with E-state index in [1.54, 1.807) is 19.1 Å². The summed E-state index contributed by atoms with van der Waals surface area (Å²) in [6, 6.07) is 7.53. The van der Waals surface area contributed by atoms with Crippen LogP contribution >= 0.6 is 0 Å². The molecule has 24 heavy (non-hydrogen) atoms.